The van der Waals surface area contributed by atoms with Gasteiger partial charge in [-0.25, -0.2) is 0 Å². The number of phenolic OH excluding ortho intramolecular Hbond substituents is 3. The fourth-order valence-electron chi connectivity index (χ4n) is 0.892. The van der Waals surface area contributed by atoms with Gasteiger partial charge in [0.2, 0.25) is 0 Å². The van der Waals surface area contributed by atoms with Gasteiger partial charge in [0.05, 0.1) is 0 Å². The minimum atomic E-state index is -0.0764. The maximum Gasteiger partial charge on any atom is 0.157 e. The lowest BCUT2D eigenvalue weighted by molar-refractivity contribution is -0.0979. The van der Waals surface area contributed by atoms with Crippen molar-refractivity contribution >= 4 is 6.79 Å². The van der Waals surface area contributed by atoms with E-state index in [-0.39, 0.29) is 11.5 Å². The Kier molecular flexibility index (Phi) is 7.50. The SMILES string of the molecule is C=O.Oc1ccccc1.Oc1ccccc1O. The first-order valence-corrected chi connectivity index (χ1v) is 4.70. The molecule has 90 valence electrons. The Bertz CT molecular complexity index is 394. The topological polar surface area (TPSA) is 77.8 Å². The fraction of sp³-hybridized carbons (Fsp3) is 0. The molecule has 3 N–H and O–H groups in total. The first kappa shape index (κ1) is 14.5. The first-order valence-electron chi connectivity index (χ1n) is 4.70. The van der Waals surface area contributed by atoms with Gasteiger partial charge < -0.3 is 20.1 Å². The van der Waals surface area contributed by atoms with Crippen molar-refractivity contribution in [2.45, 2.75) is 0 Å². The zero-order valence-electron chi connectivity index (χ0n) is 9.15. The van der Waals surface area contributed by atoms with Gasteiger partial charge in [-0.15, -0.1) is 0 Å². The zero-order chi connectivity index (χ0) is 13.1. The number of aromatic hydroxyl groups is 3. The number of carbonyl (C=O) groups is 1. The van der Waals surface area contributed by atoms with Crippen LogP contribution >= 0.6 is 0 Å². The van der Waals surface area contributed by atoms with Gasteiger partial charge in [-0.2, -0.15) is 0 Å². The Morgan fingerprint density at radius 1 is 0.647 bits per heavy atom. The molecule has 0 fully saturated rings. The molecule has 0 aliphatic heterocycles. The third-order valence-corrected chi connectivity index (χ3v) is 1.64. The first-order chi connectivity index (χ1) is 8.20. The average Bonchev–Trinajstić information content (AvgIpc) is 2.37. The van der Waals surface area contributed by atoms with Gasteiger partial charge in [-0.05, 0) is 24.3 Å². The van der Waals surface area contributed by atoms with Gasteiger partial charge in [0.1, 0.15) is 12.5 Å². The van der Waals surface area contributed by atoms with Crippen molar-refractivity contribution in [3.05, 3.63) is 54.6 Å². The molecule has 4 heteroatoms. The van der Waals surface area contributed by atoms with Crippen molar-refractivity contribution < 1.29 is 20.1 Å². The van der Waals surface area contributed by atoms with Gasteiger partial charge in [0, 0.05) is 0 Å². The number of carbonyl (C=O) groups excluding carboxylic acids is 1. The highest BCUT2D eigenvalue weighted by molar-refractivity contribution is 5.36. The molecule has 0 spiro atoms. The largest absolute Gasteiger partial charge is 0.508 e. The third kappa shape index (κ3) is 6.57. The van der Waals surface area contributed by atoms with E-state index >= 15 is 0 Å². The molecule has 0 saturated heterocycles. The van der Waals surface area contributed by atoms with E-state index < -0.39 is 0 Å². The average molecular weight is 234 g/mol. The molecule has 0 aromatic heterocycles. The molecule has 0 aliphatic carbocycles. The summed E-state index contributed by atoms with van der Waals surface area (Å²) in [6.45, 7) is 2.00. The summed E-state index contributed by atoms with van der Waals surface area (Å²) in [6.07, 6.45) is 0. The maximum absolute atomic E-state index is 8.67. The summed E-state index contributed by atoms with van der Waals surface area (Å²) in [6, 6.07) is 14.9. The number of benzene rings is 2. The predicted octanol–water partition coefficient (Wildman–Crippen LogP) is 2.31. The van der Waals surface area contributed by atoms with Crippen LogP contribution in [0.4, 0.5) is 0 Å². The molecular weight excluding hydrogens is 220 g/mol. The molecule has 0 heterocycles. The van der Waals surface area contributed by atoms with Crippen LogP contribution in [0.3, 0.4) is 0 Å². The normalized spacial score (nSPS) is 8.00. The second-order valence-corrected chi connectivity index (χ2v) is 2.82. The predicted molar refractivity (Wildman–Crippen MR) is 65.0 cm³/mol. The van der Waals surface area contributed by atoms with E-state index in [4.69, 9.17) is 20.1 Å². The molecular formula is C13H14O4. The Labute approximate surface area is 99.4 Å². The van der Waals surface area contributed by atoms with E-state index in [2.05, 4.69) is 0 Å². The second-order valence-electron chi connectivity index (χ2n) is 2.82. The quantitative estimate of drug-likeness (QED) is 0.611. The standard InChI is InChI=1S/C6H6O2.C6H6O.CH2O/c7-5-3-1-2-4-6(5)8;7-6-4-2-1-3-5-6;1-2/h1-4,7-8H;1-5,7H;1H2. The third-order valence-electron chi connectivity index (χ3n) is 1.64. The highest BCUT2D eigenvalue weighted by atomic mass is 16.3. The lowest BCUT2D eigenvalue weighted by Gasteiger charge is -1.91. The van der Waals surface area contributed by atoms with E-state index in [1.807, 2.05) is 12.9 Å². The molecule has 0 saturated carbocycles. The van der Waals surface area contributed by atoms with Crippen molar-refractivity contribution in [2.75, 3.05) is 0 Å². The minimum Gasteiger partial charge on any atom is -0.508 e. The number of rotatable bonds is 0. The molecule has 2 aromatic rings. The van der Waals surface area contributed by atoms with E-state index in [0.717, 1.165) is 0 Å². The molecule has 17 heavy (non-hydrogen) atoms. The molecule has 0 aliphatic rings. The van der Waals surface area contributed by atoms with Crippen molar-refractivity contribution in [3.63, 3.8) is 0 Å². The van der Waals surface area contributed by atoms with E-state index in [9.17, 15) is 0 Å². The van der Waals surface area contributed by atoms with Crippen LogP contribution in [0.15, 0.2) is 54.6 Å². The summed E-state index contributed by atoms with van der Waals surface area (Å²) in [5.74, 6) is 0.169. The van der Waals surface area contributed by atoms with Gasteiger partial charge in [0.15, 0.2) is 11.5 Å². The second kappa shape index (κ2) is 8.79. The summed E-state index contributed by atoms with van der Waals surface area (Å²) in [5.41, 5.74) is 0. The lowest BCUT2D eigenvalue weighted by atomic mass is 10.3. The van der Waals surface area contributed by atoms with Crippen LogP contribution in [-0.2, 0) is 4.79 Å². The van der Waals surface area contributed by atoms with Gasteiger partial charge in [-0.1, -0.05) is 30.3 Å². The van der Waals surface area contributed by atoms with Crippen molar-refractivity contribution in [1.29, 1.82) is 0 Å². The lowest BCUT2D eigenvalue weighted by Crippen LogP contribution is -1.63. The van der Waals surface area contributed by atoms with E-state index in [1.165, 1.54) is 12.1 Å². The summed E-state index contributed by atoms with van der Waals surface area (Å²) in [4.78, 5) is 8.00. The highest BCUT2D eigenvalue weighted by Crippen LogP contribution is 2.21. The Morgan fingerprint density at radius 3 is 1.24 bits per heavy atom. The summed E-state index contributed by atoms with van der Waals surface area (Å²) < 4.78 is 0. The Balaban J connectivity index is 0.000000265. The number of phenols is 3. The zero-order valence-corrected chi connectivity index (χ0v) is 9.15. The monoisotopic (exact) mass is 234 g/mol. The van der Waals surface area contributed by atoms with Crippen LogP contribution in [0.5, 0.6) is 17.2 Å². The smallest absolute Gasteiger partial charge is 0.157 e. The summed E-state index contributed by atoms with van der Waals surface area (Å²) in [7, 11) is 0. The molecule has 0 amide bonds. The van der Waals surface area contributed by atoms with Crippen molar-refractivity contribution in [3.8, 4) is 17.2 Å². The summed E-state index contributed by atoms with van der Waals surface area (Å²) in [5, 5.41) is 26.0. The highest BCUT2D eigenvalue weighted by Gasteiger charge is 1.90. The number of para-hydroxylation sites is 3. The molecule has 0 atom stereocenters. The number of hydrogen-bond acceptors (Lipinski definition) is 4. The number of hydrogen-bond donors (Lipinski definition) is 3. The molecule has 2 aromatic carbocycles. The van der Waals surface area contributed by atoms with Crippen LogP contribution < -0.4 is 0 Å². The van der Waals surface area contributed by atoms with E-state index in [1.54, 1.807) is 36.4 Å². The Hall–Kier alpha value is -2.49. The summed E-state index contributed by atoms with van der Waals surface area (Å²) >= 11 is 0. The minimum absolute atomic E-state index is 0.0764. The van der Waals surface area contributed by atoms with Gasteiger partial charge >= 0.3 is 0 Å². The fourth-order valence-corrected chi connectivity index (χ4v) is 0.892. The van der Waals surface area contributed by atoms with Crippen LogP contribution in [0.1, 0.15) is 0 Å². The van der Waals surface area contributed by atoms with Crippen LogP contribution in [-0.4, -0.2) is 22.1 Å². The van der Waals surface area contributed by atoms with Crippen LogP contribution in [0, 0.1) is 0 Å². The molecule has 4 nitrogen and oxygen atoms in total. The molecule has 2 rings (SSSR count). The molecule has 0 radical (unpaired) electrons. The maximum atomic E-state index is 8.67. The van der Waals surface area contributed by atoms with Gasteiger partial charge in [0.25, 0.3) is 0 Å². The van der Waals surface area contributed by atoms with Crippen molar-refractivity contribution in [2.24, 2.45) is 0 Å². The van der Waals surface area contributed by atoms with Crippen LogP contribution in [0.2, 0.25) is 0 Å². The molecule has 0 unspecified atom stereocenters. The van der Waals surface area contributed by atoms with E-state index in [0.29, 0.717) is 5.75 Å². The van der Waals surface area contributed by atoms with Crippen molar-refractivity contribution in [1.82, 2.24) is 0 Å². The van der Waals surface area contributed by atoms with Gasteiger partial charge in [-0.3, -0.25) is 0 Å². The Morgan fingerprint density at radius 2 is 1.00 bits per heavy atom. The molecule has 0 bridgehead atoms. The van der Waals surface area contributed by atoms with Crippen LogP contribution in [0.25, 0.3) is 0 Å².